The first kappa shape index (κ1) is 8.69. The number of nitrogen functional groups attached to an aromatic ring is 1. The summed E-state index contributed by atoms with van der Waals surface area (Å²) in [6.07, 6.45) is 0. The molecule has 0 radical (unpaired) electrons. The molecular formula is C11H9FN2. The van der Waals surface area contributed by atoms with Crippen molar-refractivity contribution in [1.82, 2.24) is 4.98 Å². The van der Waals surface area contributed by atoms with E-state index in [4.69, 9.17) is 5.73 Å². The lowest BCUT2D eigenvalue weighted by atomic mass is 10.1. The topological polar surface area (TPSA) is 38.9 Å². The fraction of sp³-hybridized carbons (Fsp3) is 0. The van der Waals surface area contributed by atoms with E-state index in [9.17, 15) is 4.39 Å². The molecule has 70 valence electrons. The number of anilines is 1. The number of hydrogen-bond acceptors (Lipinski definition) is 2. The predicted octanol–water partition coefficient (Wildman–Crippen LogP) is 2.47. The van der Waals surface area contributed by atoms with Crippen molar-refractivity contribution in [3.63, 3.8) is 0 Å². The van der Waals surface area contributed by atoms with Crippen LogP contribution in [0, 0.1) is 5.82 Å². The molecule has 0 saturated heterocycles. The second-order valence-electron chi connectivity index (χ2n) is 2.96. The fourth-order valence-electron chi connectivity index (χ4n) is 1.27. The average molecular weight is 188 g/mol. The Labute approximate surface area is 81.2 Å². The summed E-state index contributed by atoms with van der Waals surface area (Å²) >= 11 is 0. The molecule has 1 heterocycles. The maximum atomic E-state index is 13.0. The molecule has 1 aromatic carbocycles. The van der Waals surface area contributed by atoms with Crippen LogP contribution in [0.15, 0.2) is 42.5 Å². The zero-order valence-electron chi connectivity index (χ0n) is 7.44. The summed E-state index contributed by atoms with van der Waals surface area (Å²) in [5.41, 5.74) is 6.86. The van der Waals surface area contributed by atoms with Crippen LogP contribution < -0.4 is 5.73 Å². The first-order valence-electron chi connectivity index (χ1n) is 4.24. The third-order valence-corrected chi connectivity index (χ3v) is 1.88. The van der Waals surface area contributed by atoms with Gasteiger partial charge in [-0.25, -0.2) is 9.37 Å². The fourth-order valence-corrected chi connectivity index (χ4v) is 1.27. The largest absolute Gasteiger partial charge is 0.384 e. The number of benzene rings is 1. The van der Waals surface area contributed by atoms with Crippen molar-refractivity contribution in [2.45, 2.75) is 0 Å². The Hall–Kier alpha value is -1.90. The number of nitrogens with two attached hydrogens (primary N) is 1. The van der Waals surface area contributed by atoms with Gasteiger partial charge in [-0.2, -0.15) is 0 Å². The maximum Gasteiger partial charge on any atom is 0.129 e. The van der Waals surface area contributed by atoms with Gasteiger partial charge in [-0.1, -0.05) is 30.3 Å². The molecule has 0 spiro atoms. The third-order valence-electron chi connectivity index (χ3n) is 1.88. The molecule has 0 atom stereocenters. The van der Waals surface area contributed by atoms with E-state index >= 15 is 0 Å². The van der Waals surface area contributed by atoms with Crippen LogP contribution in [0.5, 0.6) is 0 Å². The van der Waals surface area contributed by atoms with Crippen molar-refractivity contribution in [1.29, 1.82) is 0 Å². The molecule has 0 unspecified atom stereocenters. The quantitative estimate of drug-likeness (QED) is 0.746. The molecule has 0 saturated carbocycles. The van der Waals surface area contributed by atoms with Crippen molar-refractivity contribution in [2.24, 2.45) is 0 Å². The number of halogens is 1. The lowest BCUT2D eigenvalue weighted by Gasteiger charge is -2.01. The maximum absolute atomic E-state index is 13.0. The van der Waals surface area contributed by atoms with Gasteiger partial charge < -0.3 is 5.73 Å². The lowest BCUT2D eigenvalue weighted by molar-refractivity contribution is 0.627. The van der Waals surface area contributed by atoms with E-state index in [0.717, 1.165) is 5.56 Å². The van der Waals surface area contributed by atoms with Crippen LogP contribution in [0.4, 0.5) is 10.2 Å². The zero-order valence-corrected chi connectivity index (χ0v) is 7.44. The highest BCUT2D eigenvalue weighted by Gasteiger charge is 2.01. The summed E-state index contributed by atoms with van der Waals surface area (Å²) in [4.78, 5) is 4.04. The van der Waals surface area contributed by atoms with Crippen molar-refractivity contribution >= 4 is 5.82 Å². The van der Waals surface area contributed by atoms with E-state index in [1.54, 1.807) is 0 Å². The number of pyridine rings is 1. The zero-order chi connectivity index (χ0) is 9.97. The third kappa shape index (κ3) is 1.71. The molecule has 0 bridgehead atoms. The summed E-state index contributed by atoms with van der Waals surface area (Å²) in [5.74, 6) is -0.166. The van der Waals surface area contributed by atoms with E-state index in [2.05, 4.69) is 4.98 Å². The van der Waals surface area contributed by atoms with Crippen LogP contribution in [0.1, 0.15) is 0 Å². The summed E-state index contributed by atoms with van der Waals surface area (Å²) in [7, 11) is 0. The summed E-state index contributed by atoms with van der Waals surface area (Å²) in [5, 5.41) is 0. The van der Waals surface area contributed by atoms with Crippen molar-refractivity contribution < 1.29 is 4.39 Å². The van der Waals surface area contributed by atoms with Gasteiger partial charge in [0.2, 0.25) is 0 Å². The molecular weight excluding hydrogens is 179 g/mol. The smallest absolute Gasteiger partial charge is 0.129 e. The van der Waals surface area contributed by atoms with Crippen LogP contribution in [0.25, 0.3) is 11.3 Å². The van der Waals surface area contributed by atoms with Crippen LogP contribution in [-0.4, -0.2) is 4.98 Å². The molecule has 14 heavy (non-hydrogen) atoms. The first-order chi connectivity index (χ1) is 6.75. The molecule has 0 aliphatic heterocycles. The second-order valence-corrected chi connectivity index (χ2v) is 2.96. The van der Waals surface area contributed by atoms with Gasteiger partial charge in [-0.3, -0.25) is 0 Å². The highest BCUT2D eigenvalue weighted by atomic mass is 19.1. The molecule has 2 aromatic rings. The lowest BCUT2D eigenvalue weighted by Crippen LogP contribution is -1.93. The van der Waals surface area contributed by atoms with Gasteiger partial charge in [0.15, 0.2) is 0 Å². The van der Waals surface area contributed by atoms with Gasteiger partial charge in [0, 0.05) is 17.7 Å². The predicted molar refractivity (Wildman–Crippen MR) is 54.0 cm³/mol. The van der Waals surface area contributed by atoms with E-state index in [-0.39, 0.29) is 11.6 Å². The van der Waals surface area contributed by atoms with E-state index in [1.807, 2.05) is 30.3 Å². The van der Waals surface area contributed by atoms with Gasteiger partial charge in [-0.05, 0) is 0 Å². The Kier molecular flexibility index (Phi) is 2.14. The van der Waals surface area contributed by atoms with Crippen LogP contribution in [0.2, 0.25) is 0 Å². The van der Waals surface area contributed by atoms with Gasteiger partial charge in [0.25, 0.3) is 0 Å². The molecule has 1 aromatic heterocycles. The Bertz CT molecular complexity index is 420. The SMILES string of the molecule is Nc1cc(F)cc(-c2ccccc2)n1. The molecule has 0 fully saturated rings. The number of hydrogen-bond donors (Lipinski definition) is 1. The van der Waals surface area contributed by atoms with Crippen LogP contribution in [-0.2, 0) is 0 Å². The molecule has 0 aliphatic carbocycles. The minimum absolute atomic E-state index is 0.198. The minimum Gasteiger partial charge on any atom is -0.384 e. The monoisotopic (exact) mass is 188 g/mol. The Morgan fingerprint density at radius 3 is 2.43 bits per heavy atom. The van der Waals surface area contributed by atoms with Crippen molar-refractivity contribution in [3.05, 3.63) is 48.3 Å². The van der Waals surface area contributed by atoms with Crippen molar-refractivity contribution in [3.8, 4) is 11.3 Å². The summed E-state index contributed by atoms with van der Waals surface area (Å²) in [6, 6.07) is 11.9. The molecule has 3 heteroatoms. The van der Waals surface area contributed by atoms with Gasteiger partial charge in [0.05, 0.1) is 5.69 Å². The molecule has 2 nitrogen and oxygen atoms in total. The van der Waals surface area contributed by atoms with Crippen LogP contribution in [0.3, 0.4) is 0 Å². The van der Waals surface area contributed by atoms with Gasteiger partial charge in [0.1, 0.15) is 11.6 Å². The Morgan fingerprint density at radius 1 is 1.07 bits per heavy atom. The number of nitrogens with zero attached hydrogens (tertiary/aromatic N) is 1. The molecule has 2 N–H and O–H groups in total. The first-order valence-corrected chi connectivity index (χ1v) is 4.24. The standard InChI is InChI=1S/C11H9FN2/c12-9-6-10(14-11(13)7-9)8-4-2-1-3-5-8/h1-7H,(H2,13,14). The summed E-state index contributed by atoms with van der Waals surface area (Å²) < 4.78 is 13.0. The minimum atomic E-state index is -0.364. The van der Waals surface area contributed by atoms with Crippen molar-refractivity contribution in [2.75, 3.05) is 5.73 Å². The second kappa shape index (κ2) is 3.46. The Morgan fingerprint density at radius 2 is 1.79 bits per heavy atom. The molecule has 0 amide bonds. The normalized spacial score (nSPS) is 10.1. The molecule has 0 aliphatic rings. The van der Waals surface area contributed by atoms with E-state index in [0.29, 0.717) is 5.69 Å². The number of aromatic nitrogens is 1. The van der Waals surface area contributed by atoms with Gasteiger partial charge in [-0.15, -0.1) is 0 Å². The summed E-state index contributed by atoms with van der Waals surface area (Å²) in [6.45, 7) is 0. The van der Waals surface area contributed by atoms with E-state index in [1.165, 1.54) is 12.1 Å². The van der Waals surface area contributed by atoms with Crippen LogP contribution >= 0.6 is 0 Å². The van der Waals surface area contributed by atoms with E-state index < -0.39 is 0 Å². The highest BCUT2D eigenvalue weighted by molar-refractivity contribution is 5.60. The van der Waals surface area contributed by atoms with Gasteiger partial charge >= 0.3 is 0 Å². The average Bonchev–Trinajstić information content (AvgIpc) is 2.18. The highest BCUT2D eigenvalue weighted by Crippen LogP contribution is 2.18. The number of rotatable bonds is 1. The Balaban J connectivity index is 2.52. The molecule has 2 rings (SSSR count).